The number of piperidine rings is 1. The minimum absolute atomic E-state index is 0.0778. The number of carboxylic acids is 1. The Morgan fingerprint density at radius 3 is 2.33 bits per heavy atom. The average molecular weight is 637 g/mol. The van der Waals surface area contributed by atoms with Crippen LogP contribution in [0, 0.1) is 5.92 Å². The van der Waals surface area contributed by atoms with E-state index in [1.54, 1.807) is 21.2 Å². The number of fused-ring (bicyclic) bond motifs is 3. The van der Waals surface area contributed by atoms with Gasteiger partial charge in [-0.1, -0.05) is 12.1 Å². The Kier molecular flexibility index (Phi) is 12.2. The predicted molar refractivity (Wildman–Crippen MR) is 177 cm³/mol. The van der Waals surface area contributed by atoms with Crippen molar-refractivity contribution in [1.29, 1.82) is 0 Å². The number of amides is 2. The zero-order valence-electron chi connectivity index (χ0n) is 27.6. The molecule has 5 rings (SSSR count). The van der Waals surface area contributed by atoms with Gasteiger partial charge in [0.2, 0.25) is 11.8 Å². The Balaban J connectivity index is 0.000000409. The van der Waals surface area contributed by atoms with Crippen LogP contribution < -0.4 is 14.8 Å². The molecule has 3 unspecified atom stereocenters. The molecule has 1 aliphatic carbocycles. The third-order valence-corrected chi connectivity index (χ3v) is 8.95. The van der Waals surface area contributed by atoms with E-state index < -0.39 is 5.97 Å². The number of hydrogen-bond acceptors (Lipinski definition) is 8. The van der Waals surface area contributed by atoms with E-state index in [-0.39, 0.29) is 48.6 Å². The number of aliphatic carboxylic acids is 1. The van der Waals surface area contributed by atoms with Gasteiger partial charge in [0.05, 0.1) is 37.5 Å². The van der Waals surface area contributed by atoms with E-state index in [1.165, 1.54) is 4.90 Å². The molecule has 0 spiro atoms. The molecule has 11 heteroatoms. The number of rotatable bonds is 9. The fraction of sp³-hybridized carbons (Fsp3) is 0.543. The highest BCUT2D eigenvalue weighted by molar-refractivity contribution is 6.15. The minimum atomic E-state index is -0.631. The zero-order valence-corrected chi connectivity index (χ0v) is 27.6. The van der Waals surface area contributed by atoms with Crippen LogP contribution in [0.15, 0.2) is 41.4 Å². The number of aliphatic hydroxyl groups excluding tert-OH is 1. The number of aliphatic imine (C=N–C) groups is 1. The van der Waals surface area contributed by atoms with Gasteiger partial charge in [0, 0.05) is 49.7 Å². The number of carbonyl (C=O) groups is 3. The molecule has 2 fully saturated rings. The fourth-order valence-corrected chi connectivity index (χ4v) is 6.24. The first-order chi connectivity index (χ1) is 22.0. The Bertz CT molecular complexity index is 1400. The number of carboxylic acid groups (broad SMARTS) is 1. The summed E-state index contributed by atoms with van der Waals surface area (Å²) in [6, 6.07) is 11.7. The van der Waals surface area contributed by atoms with Crippen LogP contribution in [0.1, 0.15) is 74.5 Å². The first-order valence-electron chi connectivity index (χ1n) is 16.1. The van der Waals surface area contributed by atoms with Gasteiger partial charge < -0.3 is 34.8 Å². The predicted octanol–water partition coefficient (Wildman–Crippen LogP) is 4.16. The second-order valence-corrected chi connectivity index (χ2v) is 12.5. The highest BCUT2D eigenvalue weighted by atomic mass is 16.5. The molecule has 3 atom stereocenters. The minimum Gasteiger partial charge on any atom is -0.493 e. The maximum atomic E-state index is 12.3. The molecule has 0 bridgehead atoms. The summed E-state index contributed by atoms with van der Waals surface area (Å²) in [6.45, 7) is 4.33. The maximum absolute atomic E-state index is 12.3. The molecule has 46 heavy (non-hydrogen) atoms. The van der Waals surface area contributed by atoms with Crippen molar-refractivity contribution in [2.75, 3.05) is 53.3 Å². The van der Waals surface area contributed by atoms with Crippen molar-refractivity contribution >= 4 is 29.2 Å². The Morgan fingerprint density at radius 2 is 1.72 bits per heavy atom. The van der Waals surface area contributed by atoms with Crippen molar-refractivity contribution in [1.82, 2.24) is 9.80 Å². The smallest absolute Gasteiger partial charge is 0.306 e. The van der Waals surface area contributed by atoms with Gasteiger partial charge >= 0.3 is 5.97 Å². The fourth-order valence-electron chi connectivity index (χ4n) is 6.24. The van der Waals surface area contributed by atoms with Crippen LogP contribution >= 0.6 is 0 Å². The molecule has 2 heterocycles. The summed E-state index contributed by atoms with van der Waals surface area (Å²) in [4.78, 5) is 43.2. The number of nitrogens with zero attached hydrogens (tertiary/aromatic N) is 3. The SMILES string of the molecule is CCOc1cc2c(cc1OC)C(c1ccc(NC(=O)CCC(=O)N(C)C)cc1)=NC1CCC(O)CC21.CN1CCC(C(=O)O)CC1. The Labute approximate surface area is 271 Å². The van der Waals surface area contributed by atoms with Gasteiger partial charge in [0.25, 0.3) is 0 Å². The number of benzene rings is 2. The number of hydrogen-bond donors (Lipinski definition) is 3. The normalized spacial score (nSPS) is 21.0. The number of carbonyl (C=O) groups excluding carboxylic acids is 2. The van der Waals surface area contributed by atoms with Crippen LogP contribution in [0.4, 0.5) is 5.69 Å². The lowest BCUT2D eigenvalue weighted by atomic mass is 9.74. The van der Waals surface area contributed by atoms with E-state index in [9.17, 15) is 19.5 Å². The van der Waals surface area contributed by atoms with E-state index in [0.717, 1.165) is 61.2 Å². The summed E-state index contributed by atoms with van der Waals surface area (Å²) in [5.74, 6) is 0.477. The molecule has 3 aliphatic rings. The largest absolute Gasteiger partial charge is 0.493 e. The molecule has 2 aliphatic heterocycles. The molecule has 2 aromatic rings. The Hall–Kier alpha value is -3.96. The zero-order chi connectivity index (χ0) is 33.4. The lowest BCUT2D eigenvalue weighted by Crippen LogP contribution is -2.34. The third kappa shape index (κ3) is 8.85. The van der Waals surface area contributed by atoms with Crippen molar-refractivity contribution in [3.8, 4) is 11.5 Å². The van der Waals surface area contributed by atoms with Crippen LogP contribution in [0.5, 0.6) is 11.5 Å². The molecule has 3 N–H and O–H groups in total. The molecule has 0 radical (unpaired) electrons. The van der Waals surface area contributed by atoms with E-state index in [0.29, 0.717) is 30.2 Å². The summed E-state index contributed by atoms with van der Waals surface area (Å²) in [7, 11) is 7.00. The first-order valence-corrected chi connectivity index (χ1v) is 16.1. The van der Waals surface area contributed by atoms with Crippen molar-refractivity contribution < 1.29 is 34.1 Å². The molecular formula is C35H48N4O7. The van der Waals surface area contributed by atoms with Crippen LogP contribution in [0.3, 0.4) is 0 Å². The summed E-state index contributed by atoms with van der Waals surface area (Å²) >= 11 is 0. The first kappa shape index (κ1) is 34.9. The highest BCUT2D eigenvalue weighted by Crippen LogP contribution is 2.45. The van der Waals surface area contributed by atoms with Crippen molar-refractivity contribution in [3.05, 3.63) is 53.1 Å². The standard InChI is InChI=1S/C28H35N3O5.C7H13NO2/c1-5-36-25-15-20-21-14-19(32)10-11-23(21)30-28(22(20)16-24(25)35-4)17-6-8-18(9-7-17)29-26(33)12-13-27(34)31(2)3;1-8-4-2-6(3-5-8)7(9)10/h6-9,15-16,19,21,23,32H,5,10-14H2,1-4H3,(H,29,33);6H,2-5H2,1H3,(H,9,10). The summed E-state index contributed by atoms with van der Waals surface area (Å²) in [5.41, 5.74) is 4.58. The van der Waals surface area contributed by atoms with E-state index in [1.807, 2.05) is 50.4 Å². The molecule has 2 aromatic carbocycles. The number of nitrogens with one attached hydrogen (secondary N) is 1. The molecule has 250 valence electrons. The number of ether oxygens (including phenoxy) is 2. The van der Waals surface area contributed by atoms with Gasteiger partial charge in [-0.2, -0.15) is 0 Å². The number of aliphatic hydroxyl groups is 1. The van der Waals surface area contributed by atoms with Gasteiger partial charge in [0.15, 0.2) is 11.5 Å². The van der Waals surface area contributed by atoms with Gasteiger partial charge in [-0.05, 0) is 89.0 Å². The quantitative estimate of drug-likeness (QED) is 0.373. The van der Waals surface area contributed by atoms with Crippen LogP contribution in [0.2, 0.25) is 0 Å². The summed E-state index contributed by atoms with van der Waals surface area (Å²) in [6.07, 6.45) is 3.84. The molecule has 11 nitrogen and oxygen atoms in total. The highest BCUT2D eigenvalue weighted by Gasteiger charge is 2.37. The van der Waals surface area contributed by atoms with Crippen molar-refractivity contribution in [2.45, 2.75) is 69.9 Å². The lowest BCUT2D eigenvalue weighted by Gasteiger charge is -2.37. The van der Waals surface area contributed by atoms with Gasteiger partial charge in [-0.15, -0.1) is 0 Å². The lowest BCUT2D eigenvalue weighted by molar-refractivity contribution is -0.143. The van der Waals surface area contributed by atoms with Gasteiger partial charge in [0.1, 0.15) is 0 Å². The van der Waals surface area contributed by atoms with Gasteiger partial charge in [-0.25, -0.2) is 0 Å². The number of methoxy groups -OCH3 is 1. The summed E-state index contributed by atoms with van der Waals surface area (Å²) in [5, 5.41) is 21.8. The summed E-state index contributed by atoms with van der Waals surface area (Å²) < 4.78 is 11.5. The molecule has 0 aromatic heterocycles. The van der Waals surface area contributed by atoms with E-state index in [2.05, 4.69) is 10.2 Å². The van der Waals surface area contributed by atoms with Crippen LogP contribution in [-0.4, -0.2) is 104 Å². The second-order valence-electron chi connectivity index (χ2n) is 12.5. The van der Waals surface area contributed by atoms with Crippen LogP contribution in [0.25, 0.3) is 0 Å². The topological polar surface area (TPSA) is 141 Å². The maximum Gasteiger partial charge on any atom is 0.306 e. The molecule has 2 amide bonds. The number of likely N-dealkylation sites (tertiary alicyclic amines) is 1. The number of anilines is 1. The Morgan fingerprint density at radius 1 is 1.02 bits per heavy atom. The average Bonchev–Trinajstić information content (AvgIpc) is 3.04. The molecular weight excluding hydrogens is 588 g/mol. The van der Waals surface area contributed by atoms with Crippen molar-refractivity contribution in [3.63, 3.8) is 0 Å². The molecule has 1 saturated carbocycles. The van der Waals surface area contributed by atoms with Crippen LogP contribution in [-0.2, 0) is 14.4 Å². The van der Waals surface area contributed by atoms with E-state index >= 15 is 0 Å². The van der Waals surface area contributed by atoms with Crippen molar-refractivity contribution in [2.24, 2.45) is 10.9 Å². The van der Waals surface area contributed by atoms with Gasteiger partial charge in [-0.3, -0.25) is 19.4 Å². The second kappa shape index (κ2) is 16.0. The third-order valence-electron chi connectivity index (χ3n) is 8.95. The van der Waals surface area contributed by atoms with E-state index in [4.69, 9.17) is 19.6 Å². The molecule has 1 saturated heterocycles. The monoisotopic (exact) mass is 636 g/mol.